The molecule has 0 unspecified atom stereocenters. The summed E-state index contributed by atoms with van der Waals surface area (Å²) in [5, 5.41) is 0. The van der Waals surface area contributed by atoms with Crippen molar-refractivity contribution >= 4 is 11.8 Å². The molecule has 0 amide bonds. The Balaban J connectivity index is 0.000000205. The molecule has 20 heavy (non-hydrogen) atoms. The first-order valence-electron chi connectivity index (χ1n) is 6.64. The van der Waals surface area contributed by atoms with Crippen molar-refractivity contribution in [2.24, 2.45) is 0 Å². The monoisotopic (exact) mass is 278 g/mol. The molecule has 0 aliphatic rings. The minimum Gasteiger partial charge on any atom is -0.0901 e. The molecule has 0 saturated heterocycles. The second-order valence-electron chi connectivity index (χ2n) is 4.38. The van der Waals surface area contributed by atoms with E-state index in [1.54, 1.807) is 11.8 Å². The van der Waals surface area contributed by atoms with E-state index in [0.29, 0.717) is 0 Å². The normalized spacial score (nSPS) is 9.45. The molecule has 0 aromatic heterocycles. The molecule has 0 heterocycles. The van der Waals surface area contributed by atoms with E-state index < -0.39 is 0 Å². The number of benzene rings is 3. The first-order chi connectivity index (χ1) is 9.84. The van der Waals surface area contributed by atoms with Gasteiger partial charge in [-0.3, -0.25) is 0 Å². The molecule has 3 aromatic carbocycles. The lowest BCUT2D eigenvalue weighted by Crippen LogP contribution is -1.74. The molecule has 3 rings (SSSR count). The molecular weight excluding hydrogens is 260 g/mol. The number of aryl methyl sites for hydroxylation is 1. The largest absolute Gasteiger partial charge is 0.0901 e. The van der Waals surface area contributed by atoms with Gasteiger partial charge in [0.25, 0.3) is 0 Å². The molecule has 0 aliphatic heterocycles. The lowest BCUT2D eigenvalue weighted by atomic mass is 10.2. The summed E-state index contributed by atoms with van der Waals surface area (Å²) >= 11 is 1.80. The van der Waals surface area contributed by atoms with Crippen LogP contribution in [0.5, 0.6) is 0 Å². The number of hydrogen-bond acceptors (Lipinski definition) is 1. The Labute approximate surface area is 125 Å². The second-order valence-corrected chi connectivity index (χ2v) is 5.53. The standard InChI is InChI=1S/C13H12S.C6H6/c1-11-7-9-13(10-8-11)14-12-5-3-2-4-6-12;1-2-4-6-5-3-1/h2-10H,1H3;1-6H. The highest BCUT2D eigenvalue weighted by molar-refractivity contribution is 7.99. The summed E-state index contributed by atoms with van der Waals surface area (Å²) in [6.45, 7) is 2.11. The summed E-state index contributed by atoms with van der Waals surface area (Å²) in [5.74, 6) is 0. The average molecular weight is 278 g/mol. The van der Waals surface area contributed by atoms with Crippen LogP contribution in [0, 0.1) is 6.92 Å². The van der Waals surface area contributed by atoms with Crippen molar-refractivity contribution in [1.29, 1.82) is 0 Å². The second kappa shape index (κ2) is 8.23. The Bertz CT molecular complexity index is 559. The zero-order chi connectivity index (χ0) is 14.0. The quantitative estimate of drug-likeness (QED) is 0.568. The molecule has 0 atom stereocenters. The van der Waals surface area contributed by atoms with Crippen LogP contribution >= 0.6 is 11.8 Å². The van der Waals surface area contributed by atoms with Crippen LogP contribution in [0.15, 0.2) is 101 Å². The Hall–Kier alpha value is -1.99. The summed E-state index contributed by atoms with van der Waals surface area (Å²) in [5.41, 5.74) is 1.31. The molecule has 1 heteroatoms. The van der Waals surface area contributed by atoms with Crippen LogP contribution in [-0.2, 0) is 0 Å². The molecule has 3 aromatic rings. The summed E-state index contributed by atoms with van der Waals surface area (Å²) in [6.07, 6.45) is 0. The smallest absolute Gasteiger partial charge is 0.0122 e. The van der Waals surface area contributed by atoms with Gasteiger partial charge in [-0.15, -0.1) is 0 Å². The highest BCUT2D eigenvalue weighted by Crippen LogP contribution is 2.26. The molecule has 0 fully saturated rings. The van der Waals surface area contributed by atoms with Gasteiger partial charge in [-0.1, -0.05) is 84.1 Å². The van der Waals surface area contributed by atoms with Crippen LogP contribution in [0.1, 0.15) is 5.56 Å². The van der Waals surface area contributed by atoms with Crippen molar-refractivity contribution in [2.75, 3.05) is 0 Å². The first kappa shape index (κ1) is 14.4. The van der Waals surface area contributed by atoms with Crippen molar-refractivity contribution in [2.45, 2.75) is 16.7 Å². The molecule has 0 bridgehead atoms. The van der Waals surface area contributed by atoms with Gasteiger partial charge in [0.15, 0.2) is 0 Å². The van der Waals surface area contributed by atoms with E-state index in [-0.39, 0.29) is 0 Å². The fourth-order valence-corrected chi connectivity index (χ4v) is 2.45. The SMILES string of the molecule is Cc1ccc(Sc2ccccc2)cc1.c1ccccc1. The van der Waals surface area contributed by atoms with E-state index in [2.05, 4.69) is 55.5 Å². The Morgan fingerprint density at radius 1 is 0.500 bits per heavy atom. The van der Waals surface area contributed by atoms with Gasteiger partial charge in [-0.25, -0.2) is 0 Å². The Morgan fingerprint density at radius 3 is 1.40 bits per heavy atom. The first-order valence-corrected chi connectivity index (χ1v) is 7.46. The van der Waals surface area contributed by atoms with E-state index in [0.717, 1.165) is 0 Å². The van der Waals surface area contributed by atoms with Gasteiger partial charge in [0.05, 0.1) is 0 Å². The van der Waals surface area contributed by atoms with E-state index in [4.69, 9.17) is 0 Å². The van der Waals surface area contributed by atoms with Gasteiger partial charge < -0.3 is 0 Å². The summed E-state index contributed by atoms with van der Waals surface area (Å²) < 4.78 is 0. The summed E-state index contributed by atoms with van der Waals surface area (Å²) in [6, 6.07) is 31.0. The highest BCUT2D eigenvalue weighted by atomic mass is 32.2. The van der Waals surface area contributed by atoms with Gasteiger partial charge in [0, 0.05) is 9.79 Å². The maximum absolute atomic E-state index is 2.16. The fraction of sp³-hybridized carbons (Fsp3) is 0.0526. The average Bonchev–Trinajstić information content (AvgIpc) is 2.53. The molecule has 0 N–H and O–H groups in total. The van der Waals surface area contributed by atoms with Gasteiger partial charge in [0.1, 0.15) is 0 Å². The van der Waals surface area contributed by atoms with Gasteiger partial charge >= 0.3 is 0 Å². The lowest BCUT2D eigenvalue weighted by Gasteiger charge is -2.01. The third kappa shape index (κ3) is 5.33. The zero-order valence-corrected chi connectivity index (χ0v) is 12.4. The van der Waals surface area contributed by atoms with E-state index in [1.165, 1.54) is 15.4 Å². The predicted molar refractivity (Wildman–Crippen MR) is 88.2 cm³/mol. The highest BCUT2D eigenvalue weighted by Gasteiger charge is 1.94. The van der Waals surface area contributed by atoms with Crippen LogP contribution in [0.3, 0.4) is 0 Å². The molecule has 0 nitrogen and oxygen atoms in total. The Morgan fingerprint density at radius 2 is 0.900 bits per heavy atom. The Kier molecular flexibility index (Phi) is 5.94. The lowest BCUT2D eigenvalue weighted by molar-refractivity contribution is 1.36. The third-order valence-corrected chi connectivity index (χ3v) is 3.68. The topological polar surface area (TPSA) is 0 Å². The minimum atomic E-state index is 1.29. The fourth-order valence-electron chi connectivity index (χ4n) is 1.62. The maximum atomic E-state index is 2.16. The number of rotatable bonds is 2. The van der Waals surface area contributed by atoms with Crippen molar-refractivity contribution in [3.63, 3.8) is 0 Å². The molecule has 0 saturated carbocycles. The van der Waals surface area contributed by atoms with Gasteiger partial charge in [0.2, 0.25) is 0 Å². The molecule has 100 valence electrons. The summed E-state index contributed by atoms with van der Waals surface area (Å²) in [4.78, 5) is 2.58. The third-order valence-electron chi connectivity index (χ3n) is 2.67. The molecular formula is C19H18S. The van der Waals surface area contributed by atoms with Crippen LogP contribution in [0.4, 0.5) is 0 Å². The van der Waals surface area contributed by atoms with Gasteiger partial charge in [-0.05, 0) is 31.2 Å². The van der Waals surface area contributed by atoms with Crippen molar-refractivity contribution in [1.82, 2.24) is 0 Å². The van der Waals surface area contributed by atoms with Crippen LogP contribution in [-0.4, -0.2) is 0 Å². The minimum absolute atomic E-state index is 1.29. The number of hydrogen-bond donors (Lipinski definition) is 0. The van der Waals surface area contributed by atoms with Gasteiger partial charge in [-0.2, -0.15) is 0 Å². The van der Waals surface area contributed by atoms with Crippen LogP contribution in [0.25, 0.3) is 0 Å². The molecule has 0 spiro atoms. The van der Waals surface area contributed by atoms with Crippen LogP contribution < -0.4 is 0 Å². The van der Waals surface area contributed by atoms with Crippen molar-refractivity contribution in [3.05, 3.63) is 96.6 Å². The predicted octanol–water partition coefficient (Wildman–Crippen LogP) is 5.83. The van der Waals surface area contributed by atoms with Crippen LogP contribution in [0.2, 0.25) is 0 Å². The van der Waals surface area contributed by atoms with Crippen molar-refractivity contribution < 1.29 is 0 Å². The van der Waals surface area contributed by atoms with Crippen molar-refractivity contribution in [3.8, 4) is 0 Å². The molecule has 0 aliphatic carbocycles. The van der Waals surface area contributed by atoms with E-state index in [1.807, 2.05) is 42.5 Å². The maximum Gasteiger partial charge on any atom is 0.0122 e. The van der Waals surface area contributed by atoms with E-state index >= 15 is 0 Å². The summed E-state index contributed by atoms with van der Waals surface area (Å²) in [7, 11) is 0. The van der Waals surface area contributed by atoms with E-state index in [9.17, 15) is 0 Å². The zero-order valence-electron chi connectivity index (χ0n) is 11.6. The molecule has 0 radical (unpaired) electrons.